The van der Waals surface area contributed by atoms with Crippen molar-refractivity contribution in [3.05, 3.63) is 53.1 Å². The number of hydrogen-bond acceptors (Lipinski definition) is 4. The lowest BCUT2D eigenvalue weighted by molar-refractivity contribution is -0.117. The molecule has 8 nitrogen and oxygen atoms in total. The van der Waals surface area contributed by atoms with E-state index in [2.05, 4.69) is 15.5 Å². The van der Waals surface area contributed by atoms with Crippen LogP contribution in [0, 0.1) is 0 Å². The Balaban J connectivity index is 0. The molecule has 174 valence electrons. The van der Waals surface area contributed by atoms with Gasteiger partial charge in [0.15, 0.2) is 0 Å². The van der Waals surface area contributed by atoms with Crippen molar-refractivity contribution in [3.8, 4) is 0 Å². The maximum atomic E-state index is 13.0. The molecule has 1 aliphatic heterocycles. The Morgan fingerprint density at radius 1 is 1.10 bits per heavy atom. The zero-order valence-corrected chi connectivity index (χ0v) is 19.7. The first-order valence-corrected chi connectivity index (χ1v) is 9.23. The van der Waals surface area contributed by atoms with Gasteiger partial charge in [-0.25, -0.2) is 0 Å². The predicted octanol–water partition coefficient (Wildman–Crippen LogP) is 2.31. The van der Waals surface area contributed by atoms with Crippen molar-refractivity contribution in [3.63, 3.8) is 0 Å². The van der Waals surface area contributed by atoms with Gasteiger partial charge in [0.1, 0.15) is 0 Å². The van der Waals surface area contributed by atoms with Gasteiger partial charge in [-0.2, -0.15) is 0 Å². The zero-order valence-electron chi connectivity index (χ0n) is 17.3. The third kappa shape index (κ3) is 7.62. The second kappa shape index (κ2) is 14.2. The van der Waals surface area contributed by atoms with Crippen molar-refractivity contribution in [2.24, 2.45) is 0 Å². The number of rotatable bonds is 6. The van der Waals surface area contributed by atoms with E-state index >= 15 is 0 Å². The summed E-state index contributed by atoms with van der Waals surface area (Å²) in [7, 11) is 4.04. The first-order chi connectivity index (χ1) is 13.0. The van der Waals surface area contributed by atoms with Crippen LogP contribution in [0.2, 0.25) is 5.02 Å². The van der Waals surface area contributed by atoms with Crippen LogP contribution in [-0.2, 0) is 4.79 Å². The molecular weight excluding hydrogens is 467 g/mol. The van der Waals surface area contributed by atoms with Gasteiger partial charge < -0.3 is 26.5 Å². The summed E-state index contributed by atoms with van der Waals surface area (Å²) >= 11 is 6.09. The van der Waals surface area contributed by atoms with E-state index in [9.17, 15) is 9.59 Å². The molecule has 6 N–H and O–H groups in total. The van der Waals surface area contributed by atoms with Crippen LogP contribution in [0.4, 0.5) is 17.1 Å². The van der Waals surface area contributed by atoms with Gasteiger partial charge in [-0.15, -0.1) is 24.8 Å². The average molecular weight is 496 g/mol. The number of hydrogen-bond donors (Lipinski definition) is 2. The van der Waals surface area contributed by atoms with Crippen LogP contribution in [0.3, 0.4) is 0 Å². The monoisotopic (exact) mass is 494 g/mol. The largest absolute Gasteiger partial charge is 0.412 e. The number of halogens is 3. The highest BCUT2D eigenvalue weighted by Crippen LogP contribution is 2.39. The summed E-state index contributed by atoms with van der Waals surface area (Å²) in [6.45, 7) is 1.87. The number of carbonyl (C=O) groups is 2. The lowest BCUT2D eigenvalue weighted by atomic mass is 10.1. The van der Waals surface area contributed by atoms with Gasteiger partial charge >= 0.3 is 0 Å². The van der Waals surface area contributed by atoms with E-state index in [1.165, 1.54) is 0 Å². The number of fused-ring (bicyclic) bond motifs is 2. The van der Waals surface area contributed by atoms with E-state index in [1.807, 2.05) is 20.2 Å². The van der Waals surface area contributed by atoms with Gasteiger partial charge in [0, 0.05) is 5.02 Å². The Hall–Kier alpha value is -1.91. The number of benzene rings is 2. The Kier molecular flexibility index (Phi) is 14.3. The summed E-state index contributed by atoms with van der Waals surface area (Å²) in [6.07, 6.45) is 0.948. The third-order valence-electron chi connectivity index (χ3n) is 4.32. The van der Waals surface area contributed by atoms with Crippen LogP contribution in [0.1, 0.15) is 16.8 Å². The number of amides is 2. The van der Waals surface area contributed by atoms with Gasteiger partial charge in [0.05, 0.1) is 29.2 Å². The van der Waals surface area contributed by atoms with E-state index in [4.69, 9.17) is 11.6 Å². The predicted molar refractivity (Wildman–Crippen MR) is 131 cm³/mol. The lowest BCUT2D eigenvalue weighted by Gasteiger charge is -2.24. The Bertz CT molecular complexity index is 868. The van der Waals surface area contributed by atoms with Crippen LogP contribution < -0.4 is 15.5 Å². The SMILES string of the molecule is CN(C)CCCNCC(=O)N1c2ccc(Cl)cc2NC(=O)c2ccccc21.Cl.Cl.O.O. The van der Waals surface area contributed by atoms with Crippen molar-refractivity contribution in [2.75, 3.05) is 43.9 Å². The topological polar surface area (TPSA) is 128 Å². The van der Waals surface area contributed by atoms with Gasteiger partial charge in [-0.3, -0.25) is 14.5 Å². The third-order valence-corrected chi connectivity index (χ3v) is 4.56. The minimum atomic E-state index is -0.261. The quantitative estimate of drug-likeness (QED) is 0.596. The summed E-state index contributed by atoms with van der Waals surface area (Å²) in [5.74, 6) is -0.393. The van der Waals surface area contributed by atoms with Crippen LogP contribution >= 0.6 is 36.4 Å². The van der Waals surface area contributed by atoms with Crippen LogP contribution in [0.5, 0.6) is 0 Å². The first-order valence-electron chi connectivity index (χ1n) is 8.85. The molecule has 1 heterocycles. The Morgan fingerprint density at radius 2 is 1.77 bits per heavy atom. The highest BCUT2D eigenvalue weighted by molar-refractivity contribution is 6.31. The van der Waals surface area contributed by atoms with E-state index in [1.54, 1.807) is 41.3 Å². The fraction of sp³-hybridized carbons (Fsp3) is 0.300. The highest BCUT2D eigenvalue weighted by atomic mass is 35.5. The Morgan fingerprint density at radius 3 is 2.45 bits per heavy atom. The Labute approximate surface area is 199 Å². The molecule has 0 radical (unpaired) electrons. The van der Waals surface area contributed by atoms with Gasteiger partial charge in [-0.05, 0) is 63.9 Å². The van der Waals surface area contributed by atoms with E-state index in [0.717, 1.165) is 19.5 Å². The number of anilines is 3. The number of carbonyl (C=O) groups excluding carboxylic acids is 2. The first kappa shape index (κ1) is 31.3. The minimum absolute atomic E-state index is 0. The van der Waals surface area contributed by atoms with Crippen molar-refractivity contribution < 1.29 is 20.5 Å². The number of nitrogens with one attached hydrogen (secondary N) is 2. The average Bonchev–Trinajstić information content (AvgIpc) is 2.75. The maximum absolute atomic E-state index is 13.0. The summed E-state index contributed by atoms with van der Waals surface area (Å²) in [5.41, 5.74) is 2.14. The molecule has 31 heavy (non-hydrogen) atoms. The zero-order chi connectivity index (χ0) is 19.4. The molecule has 0 atom stereocenters. The highest BCUT2D eigenvalue weighted by Gasteiger charge is 2.28. The van der Waals surface area contributed by atoms with Crippen LogP contribution in [0.25, 0.3) is 0 Å². The van der Waals surface area contributed by atoms with Gasteiger partial charge in [0.2, 0.25) is 5.91 Å². The molecule has 0 spiro atoms. The van der Waals surface area contributed by atoms with Crippen LogP contribution in [-0.4, -0.2) is 61.4 Å². The van der Waals surface area contributed by atoms with E-state index < -0.39 is 0 Å². The molecule has 2 aromatic carbocycles. The number of para-hydroxylation sites is 1. The smallest absolute Gasteiger partial charge is 0.257 e. The summed E-state index contributed by atoms with van der Waals surface area (Å²) in [4.78, 5) is 29.3. The van der Waals surface area contributed by atoms with Gasteiger partial charge in [-0.1, -0.05) is 23.7 Å². The molecular formula is C20H29Cl3N4O4. The van der Waals surface area contributed by atoms with Gasteiger partial charge in [0.25, 0.3) is 5.91 Å². The fourth-order valence-electron chi connectivity index (χ4n) is 3.05. The summed E-state index contributed by atoms with van der Waals surface area (Å²) in [6, 6.07) is 12.2. The van der Waals surface area contributed by atoms with Crippen molar-refractivity contribution in [2.45, 2.75) is 6.42 Å². The molecule has 0 aromatic heterocycles. The van der Waals surface area contributed by atoms with E-state index in [0.29, 0.717) is 27.6 Å². The van der Waals surface area contributed by atoms with Crippen molar-refractivity contribution in [1.29, 1.82) is 0 Å². The number of nitrogens with zero attached hydrogens (tertiary/aromatic N) is 2. The molecule has 0 aliphatic carbocycles. The molecule has 3 rings (SSSR count). The van der Waals surface area contributed by atoms with Crippen molar-refractivity contribution >= 4 is 65.3 Å². The lowest BCUT2D eigenvalue weighted by Crippen LogP contribution is -2.36. The summed E-state index contributed by atoms with van der Waals surface area (Å²) < 4.78 is 0. The van der Waals surface area contributed by atoms with Crippen molar-refractivity contribution in [1.82, 2.24) is 10.2 Å². The second-order valence-corrected chi connectivity index (χ2v) is 7.13. The van der Waals surface area contributed by atoms with Crippen LogP contribution in [0.15, 0.2) is 42.5 Å². The molecule has 2 aromatic rings. The second-order valence-electron chi connectivity index (χ2n) is 6.70. The minimum Gasteiger partial charge on any atom is -0.412 e. The van der Waals surface area contributed by atoms with E-state index in [-0.39, 0.29) is 54.1 Å². The normalized spacial score (nSPS) is 11.4. The summed E-state index contributed by atoms with van der Waals surface area (Å²) in [5, 5.41) is 6.54. The maximum Gasteiger partial charge on any atom is 0.257 e. The standard InChI is InChI=1S/C20H23ClN4O2.2ClH.2H2O/c1-24(2)11-5-10-22-13-19(26)25-17-7-4-3-6-15(17)20(27)23-16-12-14(21)8-9-18(16)25;;;;/h3-4,6-9,12,22H,5,10-11,13H2,1-2H3,(H,23,27);2*1H;2*1H2. The molecule has 2 amide bonds. The molecule has 11 heteroatoms. The molecule has 0 saturated carbocycles. The fourth-order valence-corrected chi connectivity index (χ4v) is 3.22. The molecule has 0 fully saturated rings. The molecule has 1 aliphatic rings. The molecule has 0 unspecified atom stereocenters. The molecule has 0 saturated heterocycles. The molecule has 0 bridgehead atoms.